The summed E-state index contributed by atoms with van der Waals surface area (Å²) in [6.07, 6.45) is 7.46. The van der Waals surface area contributed by atoms with Gasteiger partial charge in [-0.15, -0.1) is 0 Å². The first kappa shape index (κ1) is 19.1. The minimum Gasteiger partial charge on any atom is -0.385 e. The molecule has 0 bridgehead atoms. The highest BCUT2D eigenvalue weighted by Crippen LogP contribution is 2.18. The Morgan fingerprint density at radius 3 is 2.69 bits per heavy atom. The summed E-state index contributed by atoms with van der Waals surface area (Å²) in [6, 6.07) is 9.45. The molecule has 2 atom stereocenters. The molecule has 3 rings (SSSR count). The third-order valence-electron chi connectivity index (χ3n) is 5.34. The average Bonchev–Trinajstić information content (AvgIpc) is 2.69. The van der Waals surface area contributed by atoms with E-state index in [1.54, 1.807) is 0 Å². The molecule has 26 heavy (non-hydrogen) atoms. The Balaban J connectivity index is 1.33. The summed E-state index contributed by atoms with van der Waals surface area (Å²) < 4.78 is 5.73. The molecule has 2 N–H and O–H groups in total. The SMILES string of the molecule is O=C(c1ccccc1)N1CC[NH+](C[C@@H](O)COC[C@@H]2CC=CCC2)CC1. The quantitative estimate of drug-likeness (QED) is 0.707. The highest BCUT2D eigenvalue weighted by Gasteiger charge is 2.26. The maximum Gasteiger partial charge on any atom is 0.254 e. The Kier molecular flexibility index (Phi) is 7.23. The molecular weight excluding hydrogens is 328 g/mol. The Morgan fingerprint density at radius 1 is 1.23 bits per heavy atom. The van der Waals surface area contributed by atoms with E-state index in [2.05, 4.69) is 12.2 Å². The fourth-order valence-corrected chi connectivity index (χ4v) is 3.76. The van der Waals surface area contributed by atoms with Crippen molar-refractivity contribution in [2.45, 2.75) is 25.4 Å². The normalized spacial score (nSPS) is 22.3. The number of ether oxygens (including phenoxy) is 1. The number of hydrogen-bond acceptors (Lipinski definition) is 3. The van der Waals surface area contributed by atoms with Crippen LogP contribution in [0.1, 0.15) is 29.6 Å². The van der Waals surface area contributed by atoms with Crippen LogP contribution in [0.15, 0.2) is 42.5 Å². The lowest BCUT2D eigenvalue weighted by molar-refractivity contribution is -0.907. The molecule has 1 aromatic carbocycles. The van der Waals surface area contributed by atoms with Crippen LogP contribution < -0.4 is 4.90 Å². The third kappa shape index (κ3) is 5.66. The standard InChI is InChI=1S/C21H30N2O3/c24-20(17-26-16-18-7-3-1-4-8-18)15-22-11-13-23(14-12-22)21(25)19-9-5-2-6-10-19/h1-3,5-6,9-10,18,20,24H,4,7-8,11-17H2/p+1/t18-,20-/m1/s1. The molecule has 2 aliphatic rings. The van der Waals surface area contributed by atoms with Crippen LogP contribution in [0.2, 0.25) is 0 Å². The van der Waals surface area contributed by atoms with E-state index in [0.717, 1.165) is 51.2 Å². The molecule has 1 heterocycles. The molecule has 5 heteroatoms. The first-order valence-electron chi connectivity index (χ1n) is 9.81. The van der Waals surface area contributed by atoms with E-state index in [1.807, 2.05) is 35.2 Å². The number of amides is 1. The number of hydrogen-bond donors (Lipinski definition) is 2. The highest BCUT2D eigenvalue weighted by molar-refractivity contribution is 5.94. The van der Waals surface area contributed by atoms with Crippen LogP contribution >= 0.6 is 0 Å². The maximum atomic E-state index is 12.5. The molecule has 5 nitrogen and oxygen atoms in total. The number of aliphatic hydroxyl groups excluding tert-OH is 1. The zero-order valence-electron chi connectivity index (χ0n) is 15.5. The number of nitrogens with zero attached hydrogens (tertiary/aromatic N) is 1. The van der Waals surface area contributed by atoms with Crippen molar-refractivity contribution in [3.05, 3.63) is 48.0 Å². The summed E-state index contributed by atoms with van der Waals surface area (Å²) in [5.41, 5.74) is 0.752. The van der Waals surface area contributed by atoms with Crippen LogP contribution in [0.4, 0.5) is 0 Å². The minimum atomic E-state index is -0.430. The first-order valence-corrected chi connectivity index (χ1v) is 9.81. The van der Waals surface area contributed by atoms with Gasteiger partial charge in [-0.1, -0.05) is 30.4 Å². The second-order valence-corrected chi connectivity index (χ2v) is 7.45. The molecule has 1 aliphatic carbocycles. The van der Waals surface area contributed by atoms with Crippen LogP contribution in [0.5, 0.6) is 0 Å². The van der Waals surface area contributed by atoms with Crippen molar-refractivity contribution in [3.8, 4) is 0 Å². The molecule has 0 spiro atoms. The number of nitrogens with one attached hydrogen (secondary N) is 1. The number of piperazine rings is 1. The van der Waals surface area contributed by atoms with E-state index in [-0.39, 0.29) is 5.91 Å². The van der Waals surface area contributed by atoms with Crippen LogP contribution in [-0.2, 0) is 4.74 Å². The van der Waals surface area contributed by atoms with E-state index in [0.29, 0.717) is 19.1 Å². The number of carbonyl (C=O) groups is 1. The molecule has 1 aliphatic heterocycles. The molecule has 0 aromatic heterocycles. The van der Waals surface area contributed by atoms with E-state index in [9.17, 15) is 9.90 Å². The van der Waals surface area contributed by atoms with Gasteiger partial charge in [-0.2, -0.15) is 0 Å². The Hall–Kier alpha value is -1.69. The number of aliphatic hydroxyl groups is 1. The van der Waals surface area contributed by atoms with Crippen molar-refractivity contribution in [1.82, 2.24) is 4.90 Å². The summed E-state index contributed by atoms with van der Waals surface area (Å²) in [5.74, 6) is 0.710. The second-order valence-electron chi connectivity index (χ2n) is 7.45. The van der Waals surface area contributed by atoms with Gasteiger partial charge >= 0.3 is 0 Å². The lowest BCUT2D eigenvalue weighted by Gasteiger charge is -2.33. The number of carbonyl (C=O) groups excluding carboxylic acids is 1. The van der Waals surface area contributed by atoms with Gasteiger partial charge < -0.3 is 19.6 Å². The average molecular weight is 359 g/mol. The molecule has 1 amide bonds. The fourth-order valence-electron chi connectivity index (χ4n) is 3.76. The van der Waals surface area contributed by atoms with Gasteiger partial charge in [-0.3, -0.25) is 4.79 Å². The van der Waals surface area contributed by atoms with Gasteiger partial charge in [0, 0.05) is 12.2 Å². The van der Waals surface area contributed by atoms with Gasteiger partial charge in [0.1, 0.15) is 12.6 Å². The predicted molar refractivity (Wildman–Crippen MR) is 101 cm³/mol. The van der Waals surface area contributed by atoms with Crippen LogP contribution in [0.25, 0.3) is 0 Å². The summed E-state index contributed by atoms with van der Waals surface area (Å²) in [4.78, 5) is 15.7. The maximum absolute atomic E-state index is 12.5. The van der Waals surface area contributed by atoms with Gasteiger partial charge in [0.15, 0.2) is 0 Å². The molecule has 0 unspecified atom stereocenters. The van der Waals surface area contributed by atoms with Crippen molar-refractivity contribution in [2.24, 2.45) is 5.92 Å². The van der Waals surface area contributed by atoms with Gasteiger partial charge in [-0.05, 0) is 37.3 Å². The third-order valence-corrected chi connectivity index (χ3v) is 5.34. The fraction of sp³-hybridized carbons (Fsp3) is 0.571. The Bertz CT molecular complexity index is 582. The number of quaternary nitrogens is 1. The topological polar surface area (TPSA) is 54.2 Å². The van der Waals surface area contributed by atoms with Gasteiger partial charge in [0.2, 0.25) is 0 Å². The first-order chi connectivity index (χ1) is 12.7. The molecule has 1 saturated heterocycles. The Labute approximate surface area is 156 Å². The monoisotopic (exact) mass is 359 g/mol. The molecule has 142 valence electrons. The lowest BCUT2D eigenvalue weighted by atomic mass is 9.95. The number of rotatable bonds is 7. The minimum absolute atomic E-state index is 0.107. The van der Waals surface area contributed by atoms with Crippen molar-refractivity contribution < 1.29 is 19.5 Å². The zero-order valence-corrected chi connectivity index (χ0v) is 15.5. The van der Waals surface area contributed by atoms with Crippen LogP contribution in [-0.4, -0.2) is 68.0 Å². The van der Waals surface area contributed by atoms with Gasteiger partial charge in [0.05, 0.1) is 32.8 Å². The van der Waals surface area contributed by atoms with E-state index in [4.69, 9.17) is 4.74 Å². The summed E-state index contributed by atoms with van der Waals surface area (Å²) in [5, 5.41) is 10.2. The molecular formula is C21H31N2O3+. The van der Waals surface area contributed by atoms with Crippen LogP contribution in [0.3, 0.4) is 0 Å². The van der Waals surface area contributed by atoms with Gasteiger partial charge in [0.25, 0.3) is 5.91 Å². The van der Waals surface area contributed by atoms with Crippen LogP contribution in [0, 0.1) is 5.92 Å². The van der Waals surface area contributed by atoms with Crippen molar-refractivity contribution in [2.75, 3.05) is 45.9 Å². The molecule has 1 fully saturated rings. The highest BCUT2D eigenvalue weighted by atomic mass is 16.5. The largest absolute Gasteiger partial charge is 0.385 e. The lowest BCUT2D eigenvalue weighted by Crippen LogP contribution is -3.15. The van der Waals surface area contributed by atoms with E-state index >= 15 is 0 Å². The van der Waals surface area contributed by atoms with Crippen molar-refractivity contribution >= 4 is 5.91 Å². The van der Waals surface area contributed by atoms with Gasteiger partial charge in [-0.25, -0.2) is 0 Å². The zero-order chi connectivity index (χ0) is 18.2. The molecule has 0 radical (unpaired) electrons. The molecule has 1 aromatic rings. The molecule has 0 saturated carbocycles. The predicted octanol–water partition coefficient (Wildman–Crippen LogP) is 0.761. The van der Waals surface area contributed by atoms with E-state index in [1.165, 1.54) is 11.3 Å². The second kappa shape index (κ2) is 9.86. The van der Waals surface area contributed by atoms with Crippen molar-refractivity contribution in [1.29, 1.82) is 0 Å². The number of benzene rings is 1. The summed E-state index contributed by atoms with van der Waals surface area (Å²) in [7, 11) is 0. The van der Waals surface area contributed by atoms with E-state index < -0.39 is 6.10 Å². The smallest absolute Gasteiger partial charge is 0.254 e. The summed E-state index contributed by atoms with van der Waals surface area (Å²) in [6.45, 7) is 5.09. The number of allylic oxidation sites excluding steroid dienone is 2. The van der Waals surface area contributed by atoms with Crippen molar-refractivity contribution in [3.63, 3.8) is 0 Å². The summed E-state index contributed by atoms with van der Waals surface area (Å²) >= 11 is 0. The Morgan fingerprint density at radius 2 is 2.00 bits per heavy atom.